The quantitative estimate of drug-likeness (QED) is 0.677. The van der Waals surface area contributed by atoms with E-state index in [2.05, 4.69) is 20.6 Å². The van der Waals surface area contributed by atoms with Crippen LogP contribution in [-0.2, 0) is 4.79 Å². The molecule has 0 bridgehead atoms. The van der Waals surface area contributed by atoms with Gasteiger partial charge in [-0.15, -0.1) is 10.2 Å². The Bertz CT molecular complexity index is 382. The summed E-state index contributed by atoms with van der Waals surface area (Å²) < 4.78 is 0. The smallest absolute Gasteiger partial charge is 0.306 e. The number of likely N-dealkylation sites (tertiary alicyclic amines) is 1. The highest BCUT2D eigenvalue weighted by Crippen LogP contribution is 2.18. The Morgan fingerprint density at radius 3 is 2.56 bits per heavy atom. The number of aromatic amines is 1. The van der Waals surface area contributed by atoms with Crippen molar-refractivity contribution in [2.75, 3.05) is 13.1 Å². The molecule has 0 unspecified atom stereocenters. The molecule has 2 heterocycles. The van der Waals surface area contributed by atoms with E-state index in [1.54, 1.807) is 4.90 Å². The summed E-state index contributed by atoms with van der Waals surface area (Å²) >= 11 is 0. The topological polar surface area (TPSA) is 112 Å². The van der Waals surface area contributed by atoms with Crippen LogP contribution in [0.5, 0.6) is 0 Å². The summed E-state index contributed by atoms with van der Waals surface area (Å²) in [5.74, 6) is -1.44. The summed E-state index contributed by atoms with van der Waals surface area (Å²) in [6.07, 6.45) is 0.942. The number of rotatable bonds is 2. The van der Waals surface area contributed by atoms with Gasteiger partial charge < -0.3 is 10.0 Å². The van der Waals surface area contributed by atoms with Gasteiger partial charge in [-0.2, -0.15) is 5.21 Å². The summed E-state index contributed by atoms with van der Waals surface area (Å²) in [5.41, 5.74) is 0. The molecule has 0 aromatic carbocycles. The first kappa shape index (κ1) is 10.5. The summed E-state index contributed by atoms with van der Waals surface area (Å²) in [6.45, 7) is 0.842. The number of aromatic nitrogens is 4. The first-order valence-electron chi connectivity index (χ1n) is 4.94. The van der Waals surface area contributed by atoms with Crippen LogP contribution >= 0.6 is 0 Å². The Morgan fingerprint density at radius 2 is 2.06 bits per heavy atom. The molecule has 1 aliphatic heterocycles. The Kier molecular flexibility index (Phi) is 2.80. The van der Waals surface area contributed by atoms with Crippen LogP contribution in [0.2, 0.25) is 0 Å². The zero-order chi connectivity index (χ0) is 11.5. The number of aliphatic carboxylic acids is 1. The predicted octanol–water partition coefficient (Wildman–Crippen LogP) is -0.864. The zero-order valence-electron chi connectivity index (χ0n) is 8.46. The maximum Gasteiger partial charge on any atom is 0.306 e. The molecule has 2 rings (SSSR count). The van der Waals surface area contributed by atoms with Gasteiger partial charge >= 0.3 is 5.97 Å². The second-order valence-electron chi connectivity index (χ2n) is 3.64. The highest BCUT2D eigenvalue weighted by Gasteiger charge is 2.28. The van der Waals surface area contributed by atoms with Crippen LogP contribution in [0.3, 0.4) is 0 Å². The number of nitrogens with one attached hydrogen (secondary N) is 1. The average Bonchev–Trinajstić information content (AvgIpc) is 2.81. The molecule has 0 radical (unpaired) electrons. The number of H-pyrrole nitrogens is 1. The number of hydrogen-bond donors (Lipinski definition) is 2. The minimum atomic E-state index is -0.799. The van der Waals surface area contributed by atoms with Crippen molar-refractivity contribution in [1.29, 1.82) is 0 Å². The molecule has 1 aromatic rings. The minimum Gasteiger partial charge on any atom is -0.481 e. The summed E-state index contributed by atoms with van der Waals surface area (Å²) in [6, 6.07) is 0. The summed E-state index contributed by atoms with van der Waals surface area (Å²) in [5, 5.41) is 21.5. The molecule has 1 aromatic heterocycles. The lowest BCUT2D eigenvalue weighted by Crippen LogP contribution is -2.40. The van der Waals surface area contributed by atoms with Crippen LogP contribution in [0, 0.1) is 5.92 Å². The summed E-state index contributed by atoms with van der Waals surface area (Å²) in [7, 11) is 0. The van der Waals surface area contributed by atoms with Crippen LogP contribution in [0.4, 0.5) is 0 Å². The molecule has 0 spiro atoms. The molecule has 0 saturated carbocycles. The molecule has 1 fully saturated rings. The van der Waals surface area contributed by atoms with E-state index in [4.69, 9.17) is 5.11 Å². The second kappa shape index (κ2) is 4.25. The fourth-order valence-electron chi connectivity index (χ4n) is 1.72. The van der Waals surface area contributed by atoms with E-state index >= 15 is 0 Å². The fraction of sp³-hybridized carbons (Fsp3) is 0.625. The van der Waals surface area contributed by atoms with Crippen molar-refractivity contribution in [1.82, 2.24) is 25.5 Å². The van der Waals surface area contributed by atoms with Crippen LogP contribution < -0.4 is 0 Å². The van der Waals surface area contributed by atoms with Crippen molar-refractivity contribution < 1.29 is 14.7 Å². The lowest BCUT2D eigenvalue weighted by Gasteiger charge is -2.28. The number of carboxylic acid groups (broad SMARTS) is 1. The molecule has 16 heavy (non-hydrogen) atoms. The molecular weight excluding hydrogens is 214 g/mol. The van der Waals surface area contributed by atoms with Crippen LogP contribution in [0.1, 0.15) is 23.5 Å². The normalized spacial score (nSPS) is 17.4. The molecule has 86 valence electrons. The molecule has 8 heteroatoms. The minimum absolute atomic E-state index is 0.0220. The Morgan fingerprint density at radius 1 is 1.38 bits per heavy atom. The number of carbonyl (C=O) groups is 2. The van der Waals surface area contributed by atoms with Gasteiger partial charge in [0.1, 0.15) is 0 Å². The van der Waals surface area contributed by atoms with Gasteiger partial charge in [0.15, 0.2) is 0 Å². The zero-order valence-corrected chi connectivity index (χ0v) is 8.46. The van der Waals surface area contributed by atoms with Crippen molar-refractivity contribution in [2.24, 2.45) is 5.92 Å². The van der Waals surface area contributed by atoms with Gasteiger partial charge in [0.25, 0.3) is 11.7 Å². The van der Waals surface area contributed by atoms with Crippen molar-refractivity contribution in [3.63, 3.8) is 0 Å². The number of piperidine rings is 1. The molecule has 0 aliphatic carbocycles. The van der Waals surface area contributed by atoms with Gasteiger partial charge in [0.05, 0.1) is 5.92 Å². The number of tetrazole rings is 1. The number of nitrogens with zero attached hydrogens (tertiary/aromatic N) is 4. The monoisotopic (exact) mass is 225 g/mol. The molecule has 1 saturated heterocycles. The number of hydrogen-bond acceptors (Lipinski definition) is 5. The van der Waals surface area contributed by atoms with Gasteiger partial charge in [-0.05, 0) is 18.1 Å². The van der Waals surface area contributed by atoms with Crippen molar-refractivity contribution in [3.05, 3.63) is 5.82 Å². The van der Waals surface area contributed by atoms with E-state index in [-0.39, 0.29) is 17.6 Å². The highest BCUT2D eigenvalue weighted by molar-refractivity contribution is 5.90. The molecule has 8 nitrogen and oxygen atoms in total. The molecular formula is C8H11N5O3. The number of carboxylic acids is 1. The van der Waals surface area contributed by atoms with Gasteiger partial charge in [-0.3, -0.25) is 9.59 Å². The fourth-order valence-corrected chi connectivity index (χ4v) is 1.72. The summed E-state index contributed by atoms with van der Waals surface area (Å²) in [4.78, 5) is 24.0. The third-order valence-corrected chi connectivity index (χ3v) is 2.67. The van der Waals surface area contributed by atoms with E-state index < -0.39 is 5.97 Å². The number of amides is 1. The molecule has 1 amide bonds. The standard InChI is InChI=1S/C8H11N5O3/c14-7(6-9-11-12-10-6)13-3-1-5(2-4-13)8(15)16/h5H,1-4H2,(H,15,16)(H,9,10,11,12). The van der Waals surface area contributed by atoms with E-state index in [9.17, 15) is 9.59 Å². The lowest BCUT2D eigenvalue weighted by molar-refractivity contribution is -0.143. The predicted molar refractivity (Wildman–Crippen MR) is 50.4 cm³/mol. The van der Waals surface area contributed by atoms with E-state index in [0.717, 1.165) is 0 Å². The van der Waals surface area contributed by atoms with Crippen LogP contribution in [-0.4, -0.2) is 55.6 Å². The maximum atomic E-state index is 11.7. The van der Waals surface area contributed by atoms with E-state index in [1.807, 2.05) is 0 Å². The second-order valence-corrected chi connectivity index (χ2v) is 3.64. The third kappa shape index (κ3) is 2.00. The van der Waals surface area contributed by atoms with Gasteiger partial charge in [0.2, 0.25) is 0 Å². The number of carbonyl (C=O) groups excluding carboxylic acids is 1. The Balaban J connectivity index is 1.94. The first-order chi connectivity index (χ1) is 7.68. The molecule has 0 atom stereocenters. The van der Waals surface area contributed by atoms with E-state index in [0.29, 0.717) is 25.9 Å². The van der Waals surface area contributed by atoms with Crippen molar-refractivity contribution in [2.45, 2.75) is 12.8 Å². The molecule has 2 N–H and O–H groups in total. The average molecular weight is 225 g/mol. The maximum absolute atomic E-state index is 11.7. The molecule has 1 aliphatic rings. The Labute approximate surface area is 90.6 Å². The van der Waals surface area contributed by atoms with Crippen LogP contribution in [0.25, 0.3) is 0 Å². The van der Waals surface area contributed by atoms with Crippen LogP contribution in [0.15, 0.2) is 0 Å². The van der Waals surface area contributed by atoms with Gasteiger partial charge in [-0.1, -0.05) is 0 Å². The van der Waals surface area contributed by atoms with E-state index in [1.165, 1.54) is 0 Å². The SMILES string of the molecule is O=C(O)C1CCN(C(=O)c2nn[nH]n2)CC1. The largest absolute Gasteiger partial charge is 0.481 e. The van der Waals surface area contributed by atoms with Crippen molar-refractivity contribution >= 4 is 11.9 Å². The first-order valence-corrected chi connectivity index (χ1v) is 4.94. The van der Waals surface area contributed by atoms with Crippen molar-refractivity contribution in [3.8, 4) is 0 Å². The third-order valence-electron chi connectivity index (χ3n) is 2.67. The highest BCUT2D eigenvalue weighted by atomic mass is 16.4. The van der Waals surface area contributed by atoms with Gasteiger partial charge in [0, 0.05) is 13.1 Å². The van der Waals surface area contributed by atoms with Gasteiger partial charge in [-0.25, -0.2) is 0 Å². The Hall–Kier alpha value is -1.99. The lowest BCUT2D eigenvalue weighted by atomic mass is 9.97.